The van der Waals surface area contributed by atoms with Gasteiger partial charge in [0.15, 0.2) is 0 Å². The van der Waals surface area contributed by atoms with Crippen LogP contribution >= 0.6 is 0 Å². The third kappa shape index (κ3) is 5.44. The van der Waals surface area contributed by atoms with E-state index < -0.39 is 11.4 Å². The topological polar surface area (TPSA) is 73.9 Å². The van der Waals surface area contributed by atoms with Gasteiger partial charge in [-0.05, 0) is 49.4 Å². The molecule has 1 aliphatic heterocycles. The third-order valence-corrected chi connectivity index (χ3v) is 5.41. The quantitative estimate of drug-likeness (QED) is 0.627. The van der Waals surface area contributed by atoms with Crippen LogP contribution in [0.5, 0.6) is 5.75 Å². The molecule has 6 heteroatoms. The highest BCUT2D eigenvalue weighted by molar-refractivity contribution is 6.01. The van der Waals surface area contributed by atoms with E-state index in [1.165, 1.54) is 0 Å². The Labute approximate surface area is 183 Å². The molecule has 0 atom stereocenters. The van der Waals surface area contributed by atoms with Gasteiger partial charge in [0.25, 0.3) is 0 Å². The Morgan fingerprint density at radius 1 is 1.10 bits per heavy atom. The summed E-state index contributed by atoms with van der Waals surface area (Å²) in [5.41, 5.74) is 1.14. The minimum atomic E-state index is -0.670. The van der Waals surface area contributed by atoms with Gasteiger partial charge in [-0.15, -0.1) is 0 Å². The average molecular weight is 426 g/mol. The SMILES string of the molecule is CCOC(=O)c1cc(NC(=O)C2(c3ccccc3)CCOCC2)ccc1OCC(C)C. The van der Waals surface area contributed by atoms with Crippen LogP contribution in [-0.4, -0.2) is 38.3 Å². The van der Waals surface area contributed by atoms with Crippen LogP contribution in [0, 0.1) is 5.92 Å². The molecule has 1 saturated heterocycles. The van der Waals surface area contributed by atoms with Gasteiger partial charge in [-0.1, -0.05) is 44.2 Å². The molecular weight excluding hydrogens is 394 g/mol. The zero-order valence-corrected chi connectivity index (χ0v) is 18.5. The Hall–Kier alpha value is -2.86. The monoisotopic (exact) mass is 425 g/mol. The highest BCUT2D eigenvalue weighted by atomic mass is 16.5. The number of carbonyl (C=O) groups is 2. The standard InChI is InChI=1S/C25H31NO5/c1-4-30-23(27)21-16-20(10-11-22(21)31-17-18(2)3)26-24(28)25(12-14-29-15-13-25)19-8-6-5-7-9-19/h5-11,16,18H,4,12-15,17H2,1-3H3,(H,26,28). The van der Waals surface area contributed by atoms with Gasteiger partial charge in [-0.25, -0.2) is 4.79 Å². The van der Waals surface area contributed by atoms with Gasteiger partial charge < -0.3 is 19.5 Å². The van der Waals surface area contributed by atoms with E-state index in [2.05, 4.69) is 5.32 Å². The van der Waals surface area contributed by atoms with Gasteiger partial charge >= 0.3 is 5.97 Å². The van der Waals surface area contributed by atoms with Crippen molar-refractivity contribution in [3.05, 3.63) is 59.7 Å². The first-order chi connectivity index (χ1) is 15.0. The summed E-state index contributed by atoms with van der Waals surface area (Å²) in [6.45, 7) is 7.63. The molecule has 0 aliphatic carbocycles. The molecule has 0 radical (unpaired) electrons. The molecule has 166 valence electrons. The second-order valence-corrected chi connectivity index (χ2v) is 8.15. The molecule has 1 amide bonds. The van der Waals surface area contributed by atoms with Crippen LogP contribution in [-0.2, 0) is 19.7 Å². The van der Waals surface area contributed by atoms with E-state index in [1.807, 2.05) is 44.2 Å². The Balaban J connectivity index is 1.88. The van der Waals surface area contributed by atoms with Gasteiger partial charge in [0.2, 0.25) is 5.91 Å². The molecule has 2 aromatic carbocycles. The molecule has 0 spiro atoms. The van der Waals surface area contributed by atoms with Crippen molar-refractivity contribution in [2.75, 3.05) is 31.7 Å². The van der Waals surface area contributed by atoms with Crippen molar-refractivity contribution >= 4 is 17.6 Å². The van der Waals surface area contributed by atoms with Crippen LogP contribution in [0.4, 0.5) is 5.69 Å². The molecule has 31 heavy (non-hydrogen) atoms. The molecule has 2 aromatic rings. The van der Waals surface area contributed by atoms with Crippen molar-refractivity contribution in [3.63, 3.8) is 0 Å². The fraction of sp³-hybridized carbons (Fsp3) is 0.440. The summed E-state index contributed by atoms with van der Waals surface area (Å²) in [7, 11) is 0. The lowest BCUT2D eigenvalue weighted by Crippen LogP contribution is -2.44. The van der Waals surface area contributed by atoms with Crippen LogP contribution in [0.2, 0.25) is 0 Å². The number of hydrogen-bond donors (Lipinski definition) is 1. The Kier molecular flexibility index (Phi) is 7.69. The van der Waals surface area contributed by atoms with Crippen molar-refractivity contribution in [1.82, 2.24) is 0 Å². The second kappa shape index (κ2) is 10.4. The van der Waals surface area contributed by atoms with Crippen LogP contribution in [0.25, 0.3) is 0 Å². The van der Waals surface area contributed by atoms with Crippen LogP contribution < -0.4 is 10.1 Å². The fourth-order valence-electron chi connectivity index (χ4n) is 3.73. The van der Waals surface area contributed by atoms with Gasteiger partial charge in [-0.3, -0.25) is 4.79 Å². The molecule has 0 unspecified atom stereocenters. The van der Waals surface area contributed by atoms with Crippen molar-refractivity contribution in [1.29, 1.82) is 0 Å². The molecule has 3 rings (SSSR count). The minimum absolute atomic E-state index is 0.104. The number of rotatable bonds is 8. The molecule has 0 bridgehead atoms. The Morgan fingerprint density at radius 2 is 1.81 bits per heavy atom. The summed E-state index contributed by atoms with van der Waals surface area (Å²) in [6.07, 6.45) is 1.20. The van der Waals surface area contributed by atoms with Crippen molar-refractivity contribution in [3.8, 4) is 5.75 Å². The maximum absolute atomic E-state index is 13.5. The number of amides is 1. The summed E-state index contributed by atoms with van der Waals surface area (Å²) in [5.74, 6) is 0.191. The molecular formula is C25H31NO5. The van der Waals surface area contributed by atoms with Gasteiger partial charge in [0.1, 0.15) is 11.3 Å². The van der Waals surface area contributed by atoms with E-state index in [-0.39, 0.29) is 12.5 Å². The Morgan fingerprint density at radius 3 is 2.45 bits per heavy atom. The molecule has 0 saturated carbocycles. The van der Waals surface area contributed by atoms with Gasteiger partial charge in [-0.2, -0.15) is 0 Å². The highest BCUT2D eigenvalue weighted by Gasteiger charge is 2.41. The van der Waals surface area contributed by atoms with E-state index in [1.54, 1.807) is 25.1 Å². The molecule has 1 heterocycles. The van der Waals surface area contributed by atoms with Gasteiger partial charge in [0.05, 0.1) is 18.6 Å². The smallest absolute Gasteiger partial charge is 0.341 e. The van der Waals surface area contributed by atoms with Crippen LogP contribution in [0.15, 0.2) is 48.5 Å². The number of benzene rings is 2. The van der Waals surface area contributed by atoms with Crippen molar-refractivity contribution in [2.24, 2.45) is 5.92 Å². The zero-order valence-electron chi connectivity index (χ0n) is 18.5. The van der Waals surface area contributed by atoms with E-state index in [9.17, 15) is 9.59 Å². The predicted octanol–water partition coefficient (Wildman–Crippen LogP) is 4.59. The summed E-state index contributed by atoms with van der Waals surface area (Å²) in [5, 5.41) is 3.02. The number of anilines is 1. The van der Waals surface area contributed by atoms with E-state index in [4.69, 9.17) is 14.2 Å². The highest BCUT2D eigenvalue weighted by Crippen LogP contribution is 2.36. The normalized spacial score (nSPS) is 15.4. The van der Waals surface area contributed by atoms with Crippen LogP contribution in [0.3, 0.4) is 0 Å². The van der Waals surface area contributed by atoms with Crippen molar-refractivity contribution in [2.45, 2.75) is 39.0 Å². The third-order valence-electron chi connectivity index (χ3n) is 5.41. The first-order valence-electron chi connectivity index (χ1n) is 10.8. The number of hydrogen-bond acceptors (Lipinski definition) is 5. The first-order valence-corrected chi connectivity index (χ1v) is 10.8. The second-order valence-electron chi connectivity index (χ2n) is 8.15. The molecule has 1 N–H and O–H groups in total. The number of ether oxygens (including phenoxy) is 3. The fourth-order valence-corrected chi connectivity index (χ4v) is 3.73. The molecule has 0 aromatic heterocycles. The van der Waals surface area contributed by atoms with Crippen molar-refractivity contribution < 1.29 is 23.8 Å². The zero-order chi connectivity index (χ0) is 22.3. The Bertz CT molecular complexity index is 888. The maximum atomic E-state index is 13.5. The summed E-state index contributed by atoms with van der Waals surface area (Å²) < 4.78 is 16.5. The van der Waals surface area contributed by atoms with Gasteiger partial charge in [0, 0.05) is 18.9 Å². The lowest BCUT2D eigenvalue weighted by Gasteiger charge is -2.36. The summed E-state index contributed by atoms with van der Waals surface area (Å²) >= 11 is 0. The van der Waals surface area contributed by atoms with Crippen LogP contribution in [0.1, 0.15) is 49.5 Å². The molecule has 1 fully saturated rings. The van der Waals surface area contributed by atoms with E-state index in [0.717, 1.165) is 5.56 Å². The molecule has 6 nitrogen and oxygen atoms in total. The lowest BCUT2D eigenvalue weighted by molar-refractivity contribution is -0.125. The lowest BCUT2D eigenvalue weighted by atomic mass is 9.73. The summed E-state index contributed by atoms with van der Waals surface area (Å²) in [6, 6.07) is 14.9. The number of nitrogens with one attached hydrogen (secondary N) is 1. The maximum Gasteiger partial charge on any atom is 0.341 e. The number of carbonyl (C=O) groups excluding carboxylic acids is 2. The largest absolute Gasteiger partial charge is 0.492 e. The minimum Gasteiger partial charge on any atom is -0.492 e. The number of esters is 1. The van der Waals surface area contributed by atoms with E-state index >= 15 is 0 Å². The first kappa shape index (κ1) is 22.8. The van der Waals surface area contributed by atoms with E-state index in [0.29, 0.717) is 55.6 Å². The summed E-state index contributed by atoms with van der Waals surface area (Å²) in [4.78, 5) is 26.0. The predicted molar refractivity (Wildman–Crippen MR) is 120 cm³/mol. The molecule has 1 aliphatic rings. The average Bonchev–Trinajstić information content (AvgIpc) is 2.79.